The van der Waals surface area contributed by atoms with Gasteiger partial charge in [0.05, 0.1) is 11.3 Å². The van der Waals surface area contributed by atoms with Crippen molar-refractivity contribution in [3.8, 4) is 0 Å². The Morgan fingerprint density at radius 1 is 1.32 bits per heavy atom. The van der Waals surface area contributed by atoms with E-state index in [0.29, 0.717) is 17.4 Å². The summed E-state index contributed by atoms with van der Waals surface area (Å²) >= 11 is 5.79. The van der Waals surface area contributed by atoms with Crippen molar-refractivity contribution in [3.63, 3.8) is 0 Å². The highest BCUT2D eigenvalue weighted by Crippen LogP contribution is 2.20. The van der Waals surface area contributed by atoms with Crippen LogP contribution in [0, 0.1) is 0 Å². The first kappa shape index (κ1) is 13.2. The zero-order valence-corrected chi connectivity index (χ0v) is 10.7. The molecule has 0 saturated heterocycles. The summed E-state index contributed by atoms with van der Waals surface area (Å²) in [6.07, 6.45) is 1.41. The largest absolute Gasteiger partial charge is 0.478 e. The summed E-state index contributed by atoms with van der Waals surface area (Å²) < 4.78 is 0. The van der Waals surface area contributed by atoms with Gasteiger partial charge < -0.3 is 16.2 Å². The number of nitrogens with one attached hydrogen (secondary N) is 1. The molecule has 98 valence electrons. The maximum absolute atomic E-state index is 10.9. The fraction of sp³-hybridized carbons (Fsp3) is 0.0769. The number of anilines is 2. The number of nitrogens with two attached hydrogens (primary N) is 1. The van der Waals surface area contributed by atoms with E-state index >= 15 is 0 Å². The minimum absolute atomic E-state index is 0.0357. The molecule has 0 aliphatic carbocycles. The molecule has 1 aromatic carbocycles. The van der Waals surface area contributed by atoms with Gasteiger partial charge in [-0.15, -0.1) is 0 Å². The number of carboxylic acids is 1. The fourth-order valence-electron chi connectivity index (χ4n) is 1.59. The van der Waals surface area contributed by atoms with E-state index in [9.17, 15) is 4.79 Å². The summed E-state index contributed by atoms with van der Waals surface area (Å²) in [6, 6.07) is 8.66. The van der Waals surface area contributed by atoms with Crippen LogP contribution >= 0.6 is 11.6 Å². The van der Waals surface area contributed by atoms with Crippen LogP contribution in [0.5, 0.6) is 0 Å². The summed E-state index contributed by atoms with van der Waals surface area (Å²) in [7, 11) is 0. The molecule has 19 heavy (non-hydrogen) atoms. The number of benzene rings is 1. The lowest BCUT2D eigenvalue weighted by molar-refractivity contribution is 0.0698. The van der Waals surface area contributed by atoms with Gasteiger partial charge in [0, 0.05) is 17.8 Å². The summed E-state index contributed by atoms with van der Waals surface area (Å²) in [5, 5.41) is 12.6. The third-order valence-corrected chi connectivity index (χ3v) is 2.85. The van der Waals surface area contributed by atoms with Crippen LogP contribution in [0.15, 0.2) is 36.5 Å². The van der Waals surface area contributed by atoms with E-state index in [4.69, 9.17) is 22.4 Å². The maximum atomic E-state index is 10.9. The van der Waals surface area contributed by atoms with Crippen molar-refractivity contribution < 1.29 is 9.90 Å². The Labute approximate surface area is 115 Å². The lowest BCUT2D eigenvalue weighted by Crippen LogP contribution is -2.09. The summed E-state index contributed by atoms with van der Waals surface area (Å²) in [5.41, 5.74) is 6.90. The molecule has 0 aliphatic heterocycles. The van der Waals surface area contributed by atoms with Crippen LogP contribution in [0.4, 0.5) is 11.5 Å². The monoisotopic (exact) mass is 277 g/mol. The predicted molar refractivity (Wildman–Crippen MR) is 74.4 cm³/mol. The Hall–Kier alpha value is -2.27. The number of aromatic nitrogens is 1. The molecule has 0 unspecified atom stereocenters. The number of rotatable bonds is 4. The fourth-order valence-corrected chi connectivity index (χ4v) is 1.71. The van der Waals surface area contributed by atoms with Crippen LogP contribution in [-0.2, 0) is 6.54 Å². The van der Waals surface area contributed by atoms with Gasteiger partial charge in [-0.05, 0) is 23.8 Å². The Balaban J connectivity index is 2.13. The molecule has 0 saturated carbocycles. The highest BCUT2D eigenvalue weighted by atomic mass is 35.5. The van der Waals surface area contributed by atoms with Gasteiger partial charge in [0.1, 0.15) is 5.82 Å². The van der Waals surface area contributed by atoms with Crippen molar-refractivity contribution in [3.05, 3.63) is 52.7 Å². The number of hydrogen-bond acceptors (Lipinski definition) is 4. The first-order valence-electron chi connectivity index (χ1n) is 5.54. The number of aromatic carboxylic acids is 1. The van der Waals surface area contributed by atoms with E-state index in [1.165, 1.54) is 12.3 Å². The molecule has 0 amide bonds. The Kier molecular flexibility index (Phi) is 3.87. The molecule has 0 atom stereocenters. The molecule has 0 spiro atoms. The average molecular weight is 278 g/mol. The van der Waals surface area contributed by atoms with Crippen LogP contribution in [0.1, 0.15) is 15.9 Å². The molecule has 4 N–H and O–H groups in total. The topological polar surface area (TPSA) is 88.2 Å². The second-order valence-corrected chi connectivity index (χ2v) is 4.34. The lowest BCUT2D eigenvalue weighted by atomic mass is 10.2. The molecule has 0 fully saturated rings. The van der Waals surface area contributed by atoms with E-state index < -0.39 is 5.97 Å². The van der Waals surface area contributed by atoms with Crippen LogP contribution in [0.3, 0.4) is 0 Å². The van der Waals surface area contributed by atoms with Gasteiger partial charge in [-0.3, -0.25) is 0 Å². The minimum atomic E-state index is -1.07. The van der Waals surface area contributed by atoms with E-state index in [1.807, 2.05) is 12.1 Å². The highest BCUT2D eigenvalue weighted by Gasteiger charge is 2.11. The van der Waals surface area contributed by atoms with Gasteiger partial charge >= 0.3 is 5.97 Å². The molecule has 2 aromatic rings. The second-order valence-electron chi connectivity index (χ2n) is 3.91. The van der Waals surface area contributed by atoms with Crippen molar-refractivity contribution in [2.75, 3.05) is 11.1 Å². The number of hydrogen-bond donors (Lipinski definition) is 3. The van der Waals surface area contributed by atoms with Crippen molar-refractivity contribution in [2.45, 2.75) is 6.54 Å². The first-order chi connectivity index (χ1) is 9.08. The molecule has 2 rings (SSSR count). The Bertz CT molecular complexity index is 599. The highest BCUT2D eigenvalue weighted by molar-refractivity contribution is 6.30. The van der Waals surface area contributed by atoms with Crippen molar-refractivity contribution in [2.24, 2.45) is 0 Å². The molecule has 0 bridgehead atoms. The number of carboxylic acid groups (broad SMARTS) is 1. The molecular weight excluding hydrogens is 266 g/mol. The van der Waals surface area contributed by atoms with Crippen LogP contribution in [0.2, 0.25) is 5.02 Å². The van der Waals surface area contributed by atoms with E-state index in [1.54, 1.807) is 12.1 Å². The van der Waals surface area contributed by atoms with Crippen LogP contribution in [0.25, 0.3) is 0 Å². The number of nitrogens with zero attached hydrogens (tertiary/aromatic N) is 1. The molecule has 0 aliphatic rings. The third-order valence-electron chi connectivity index (χ3n) is 2.59. The standard InChI is InChI=1S/C13H12ClN3O2/c14-9-3-1-8(2-4-9)7-17-12-11(15)10(13(18)19)5-6-16-12/h1-6H,7,15H2,(H,16,17)(H,18,19). The molecule has 6 heteroatoms. The number of halogens is 1. The van der Waals surface area contributed by atoms with Gasteiger partial charge in [-0.25, -0.2) is 9.78 Å². The SMILES string of the molecule is Nc1c(C(=O)O)ccnc1NCc1ccc(Cl)cc1. The second kappa shape index (κ2) is 5.58. The smallest absolute Gasteiger partial charge is 0.337 e. The number of nitrogen functional groups attached to an aromatic ring is 1. The quantitative estimate of drug-likeness (QED) is 0.799. The first-order valence-corrected chi connectivity index (χ1v) is 5.92. The van der Waals surface area contributed by atoms with E-state index in [0.717, 1.165) is 5.56 Å². The summed E-state index contributed by atoms with van der Waals surface area (Å²) in [6.45, 7) is 0.484. The Morgan fingerprint density at radius 2 is 2.00 bits per heavy atom. The molecule has 0 radical (unpaired) electrons. The van der Waals surface area contributed by atoms with Crippen molar-refractivity contribution in [1.82, 2.24) is 4.98 Å². The van der Waals surface area contributed by atoms with Gasteiger partial charge in [-0.2, -0.15) is 0 Å². The maximum Gasteiger partial charge on any atom is 0.337 e. The van der Waals surface area contributed by atoms with Crippen LogP contribution in [-0.4, -0.2) is 16.1 Å². The normalized spacial score (nSPS) is 10.2. The molecular formula is C13H12ClN3O2. The van der Waals surface area contributed by atoms with Gasteiger partial charge in [-0.1, -0.05) is 23.7 Å². The van der Waals surface area contributed by atoms with E-state index in [2.05, 4.69) is 10.3 Å². The predicted octanol–water partition coefficient (Wildman–Crippen LogP) is 2.63. The summed E-state index contributed by atoms with van der Waals surface area (Å²) in [5.74, 6) is -0.718. The van der Waals surface area contributed by atoms with Crippen molar-refractivity contribution >= 4 is 29.1 Å². The number of pyridine rings is 1. The van der Waals surface area contributed by atoms with E-state index in [-0.39, 0.29) is 11.3 Å². The van der Waals surface area contributed by atoms with Gasteiger partial charge in [0.2, 0.25) is 0 Å². The third kappa shape index (κ3) is 3.14. The molecule has 5 nitrogen and oxygen atoms in total. The average Bonchev–Trinajstić information content (AvgIpc) is 2.39. The summed E-state index contributed by atoms with van der Waals surface area (Å²) in [4.78, 5) is 15.0. The Morgan fingerprint density at radius 3 is 2.63 bits per heavy atom. The molecule has 1 aromatic heterocycles. The van der Waals surface area contributed by atoms with Crippen molar-refractivity contribution in [1.29, 1.82) is 0 Å². The zero-order chi connectivity index (χ0) is 13.8. The molecule has 1 heterocycles. The lowest BCUT2D eigenvalue weighted by Gasteiger charge is -2.10. The minimum Gasteiger partial charge on any atom is -0.478 e. The van der Waals surface area contributed by atoms with Crippen LogP contribution < -0.4 is 11.1 Å². The van der Waals surface area contributed by atoms with Gasteiger partial charge in [0.15, 0.2) is 0 Å². The zero-order valence-electron chi connectivity index (χ0n) is 9.93. The van der Waals surface area contributed by atoms with Gasteiger partial charge in [0.25, 0.3) is 0 Å². The number of carbonyl (C=O) groups is 1.